The molecule has 2 rings (SSSR count). The second-order valence-electron chi connectivity index (χ2n) is 4.74. The van der Waals surface area contributed by atoms with Crippen LogP contribution in [0.25, 0.3) is 0 Å². The fraction of sp³-hybridized carbons (Fsp3) is 0.571. The van der Waals surface area contributed by atoms with Crippen molar-refractivity contribution in [3.05, 3.63) is 30.1 Å². The molecule has 1 fully saturated rings. The van der Waals surface area contributed by atoms with Crippen LogP contribution in [0.15, 0.2) is 24.3 Å². The van der Waals surface area contributed by atoms with Crippen LogP contribution in [0, 0.1) is 11.7 Å². The first-order valence-electron chi connectivity index (χ1n) is 6.30. The first-order valence-corrected chi connectivity index (χ1v) is 6.30. The minimum atomic E-state index is -0.475. The average Bonchev–Trinajstić information content (AvgIpc) is 2.35. The molecule has 0 aromatic heterocycles. The second-order valence-corrected chi connectivity index (χ2v) is 4.74. The molecular formula is C14H19FO2. The minimum absolute atomic E-state index is 0.244. The molecule has 1 aromatic rings. The van der Waals surface area contributed by atoms with E-state index in [4.69, 9.17) is 4.74 Å². The number of halogens is 1. The summed E-state index contributed by atoms with van der Waals surface area (Å²) in [4.78, 5) is 0. The van der Waals surface area contributed by atoms with Crippen molar-refractivity contribution in [2.45, 2.75) is 44.8 Å². The Kier molecular flexibility index (Phi) is 4.00. The molecule has 0 spiro atoms. The fourth-order valence-electron chi connectivity index (χ4n) is 2.40. The molecule has 0 amide bonds. The summed E-state index contributed by atoms with van der Waals surface area (Å²) >= 11 is 0. The molecule has 3 heteroatoms. The summed E-state index contributed by atoms with van der Waals surface area (Å²) in [6.45, 7) is 2.14. The molecule has 2 nitrogen and oxygen atoms in total. The van der Waals surface area contributed by atoms with E-state index in [0.717, 1.165) is 25.7 Å². The van der Waals surface area contributed by atoms with Gasteiger partial charge in [0.05, 0.1) is 6.10 Å². The van der Waals surface area contributed by atoms with Crippen molar-refractivity contribution in [3.63, 3.8) is 0 Å². The van der Waals surface area contributed by atoms with Crippen molar-refractivity contribution in [1.29, 1.82) is 0 Å². The van der Waals surface area contributed by atoms with Gasteiger partial charge in [-0.25, -0.2) is 4.39 Å². The van der Waals surface area contributed by atoms with E-state index in [-0.39, 0.29) is 17.7 Å². The van der Waals surface area contributed by atoms with Gasteiger partial charge in [0.2, 0.25) is 0 Å². The van der Waals surface area contributed by atoms with Crippen molar-refractivity contribution in [3.8, 4) is 5.75 Å². The van der Waals surface area contributed by atoms with E-state index in [1.54, 1.807) is 18.2 Å². The molecule has 17 heavy (non-hydrogen) atoms. The Balaban J connectivity index is 2.04. The van der Waals surface area contributed by atoms with E-state index in [9.17, 15) is 9.50 Å². The van der Waals surface area contributed by atoms with Gasteiger partial charge in [0, 0.05) is 0 Å². The van der Waals surface area contributed by atoms with Crippen LogP contribution in [0.2, 0.25) is 0 Å². The van der Waals surface area contributed by atoms with Gasteiger partial charge in [-0.3, -0.25) is 0 Å². The summed E-state index contributed by atoms with van der Waals surface area (Å²) in [5, 5.41) is 9.89. The largest absolute Gasteiger partial charge is 0.485 e. The summed E-state index contributed by atoms with van der Waals surface area (Å²) in [5.41, 5.74) is 0. The number of aliphatic hydroxyl groups excluding tert-OH is 1. The molecule has 0 heterocycles. The number of benzene rings is 1. The van der Waals surface area contributed by atoms with Gasteiger partial charge in [-0.1, -0.05) is 25.5 Å². The molecule has 1 N–H and O–H groups in total. The lowest BCUT2D eigenvalue weighted by molar-refractivity contribution is -0.0125. The van der Waals surface area contributed by atoms with Gasteiger partial charge < -0.3 is 9.84 Å². The molecule has 0 saturated heterocycles. The van der Waals surface area contributed by atoms with Crippen LogP contribution < -0.4 is 4.74 Å². The number of aliphatic hydroxyl groups is 1. The summed E-state index contributed by atoms with van der Waals surface area (Å²) in [7, 11) is 0. The minimum Gasteiger partial charge on any atom is -0.485 e. The molecule has 1 aromatic carbocycles. The normalized spacial score (nSPS) is 29.0. The third-order valence-electron chi connectivity index (χ3n) is 3.56. The van der Waals surface area contributed by atoms with E-state index in [2.05, 4.69) is 6.92 Å². The highest BCUT2D eigenvalue weighted by molar-refractivity contribution is 5.24. The van der Waals surface area contributed by atoms with Crippen LogP contribution in [0.3, 0.4) is 0 Å². The molecule has 3 atom stereocenters. The van der Waals surface area contributed by atoms with Crippen molar-refractivity contribution in [2.24, 2.45) is 5.92 Å². The number of hydrogen-bond acceptors (Lipinski definition) is 2. The zero-order valence-corrected chi connectivity index (χ0v) is 10.1. The molecule has 94 valence electrons. The van der Waals surface area contributed by atoms with Gasteiger partial charge in [0.25, 0.3) is 0 Å². The highest BCUT2D eigenvalue weighted by atomic mass is 19.1. The number of rotatable bonds is 3. The first-order chi connectivity index (χ1) is 8.20. The Morgan fingerprint density at radius 3 is 2.82 bits per heavy atom. The van der Waals surface area contributed by atoms with E-state index in [1.807, 2.05) is 0 Å². The van der Waals surface area contributed by atoms with E-state index in [0.29, 0.717) is 5.92 Å². The maximum absolute atomic E-state index is 13.4. The third-order valence-corrected chi connectivity index (χ3v) is 3.56. The highest BCUT2D eigenvalue weighted by Gasteiger charge is 2.30. The molecule has 1 aliphatic carbocycles. The van der Waals surface area contributed by atoms with Gasteiger partial charge in [0.1, 0.15) is 6.10 Å². The molecule has 1 saturated carbocycles. The Morgan fingerprint density at radius 1 is 1.35 bits per heavy atom. The van der Waals surface area contributed by atoms with Crippen molar-refractivity contribution >= 4 is 0 Å². The molecule has 1 aliphatic rings. The summed E-state index contributed by atoms with van der Waals surface area (Å²) in [6, 6.07) is 6.36. The zero-order valence-electron chi connectivity index (χ0n) is 10.1. The lowest BCUT2D eigenvalue weighted by atomic mass is 9.84. The zero-order chi connectivity index (χ0) is 12.3. The Labute approximate surface area is 101 Å². The van der Waals surface area contributed by atoms with Crippen molar-refractivity contribution in [2.75, 3.05) is 0 Å². The van der Waals surface area contributed by atoms with E-state index >= 15 is 0 Å². The van der Waals surface area contributed by atoms with Crippen LogP contribution in [0.1, 0.15) is 32.6 Å². The maximum atomic E-state index is 13.4. The SMILES string of the molecule is CCC1CCC(O)C(Oc2ccccc2F)C1. The first kappa shape index (κ1) is 12.4. The summed E-state index contributed by atoms with van der Waals surface area (Å²) in [6.07, 6.45) is 2.94. The smallest absolute Gasteiger partial charge is 0.165 e. The Hall–Kier alpha value is -1.09. The van der Waals surface area contributed by atoms with Crippen LogP contribution in [0.5, 0.6) is 5.75 Å². The van der Waals surface area contributed by atoms with Crippen molar-refractivity contribution in [1.82, 2.24) is 0 Å². The van der Waals surface area contributed by atoms with E-state index in [1.165, 1.54) is 6.07 Å². The maximum Gasteiger partial charge on any atom is 0.165 e. The van der Waals surface area contributed by atoms with Gasteiger partial charge in [-0.2, -0.15) is 0 Å². The number of hydrogen-bond donors (Lipinski definition) is 1. The van der Waals surface area contributed by atoms with Gasteiger partial charge in [-0.05, 0) is 37.3 Å². The van der Waals surface area contributed by atoms with E-state index < -0.39 is 6.10 Å². The number of para-hydroxylation sites is 1. The molecule has 0 radical (unpaired) electrons. The Morgan fingerprint density at radius 2 is 2.12 bits per heavy atom. The predicted octanol–water partition coefficient (Wildman–Crippen LogP) is 3.14. The second kappa shape index (κ2) is 5.50. The molecule has 3 unspecified atom stereocenters. The lowest BCUT2D eigenvalue weighted by Gasteiger charge is -2.33. The standard InChI is InChI=1S/C14H19FO2/c1-2-10-7-8-12(16)14(9-10)17-13-6-4-3-5-11(13)15/h3-6,10,12,14,16H,2,7-9H2,1H3. The summed E-state index contributed by atoms with van der Waals surface area (Å²) in [5.74, 6) is 0.460. The fourth-order valence-corrected chi connectivity index (χ4v) is 2.40. The third kappa shape index (κ3) is 2.97. The predicted molar refractivity (Wildman–Crippen MR) is 64.5 cm³/mol. The molecule has 0 aliphatic heterocycles. The van der Waals surface area contributed by atoms with Gasteiger partial charge in [0.15, 0.2) is 11.6 Å². The van der Waals surface area contributed by atoms with Gasteiger partial charge in [-0.15, -0.1) is 0 Å². The van der Waals surface area contributed by atoms with Crippen LogP contribution in [-0.4, -0.2) is 17.3 Å². The summed E-state index contributed by atoms with van der Waals surface area (Å²) < 4.78 is 19.0. The monoisotopic (exact) mass is 238 g/mol. The average molecular weight is 238 g/mol. The molecule has 0 bridgehead atoms. The number of ether oxygens (including phenoxy) is 1. The van der Waals surface area contributed by atoms with Crippen LogP contribution >= 0.6 is 0 Å². The quantitative estimate of drug-likeness (QED) is 0.876. The lowest BCUT2D eigenvalue weighted by Crippen LogP contribution is -2.38. The van der Waals surface area contributed by atoms with Crippen LogP contribution in [0.4, 0.5) is 4.39 Å². The topological polar surface area (TPSA) is 29.5 Å². The molecular weight excluding hydrogens is 219 g/mol. The van der Waals surface area contributed by atoms with Gasteiger partial charge >= 0.3 is 0 Å². The van der Waals surface area contributed by atoms with Crippen LogP contribution in [-0.2, 0) is 0 Å². The highest BCUT2D eigenvalue weighted by Crippen LogP contribution is 2.30. The Bertz CT molecular complexity index is 367. The van der Waals surface area contributed by atoms with Crippen molar-refractivity contribution < 1.29 is 14.2 Å².